The number of rotatable bonds is 16. The molecule has 41 heavy (non-hydrogen) atoms. The fraction of sp³-hybridized carbons (Fsp3) is 0.909. The summed E-state index contributed by atoms with van der Waals surface area (Å²) in [6.45, 7) is 9.81. The Labute approximate surface area is 248 Å². The van der Waals surface area contributed by atoms with Gasteiger partial charge >= 0.3 is 0 Å². The molecule has 3 rings (SSSR count). The van der Waals surface area contributed by atoms with E-state index in [4.69, 9.17) is 9.47 Å². The molecule has 8 heteroatoms. The number of aliphatic carboxylic acids is 1. The first-order chi connectivity index (χ1) is 19.4. The summed E-state index contributed by atoms with van der Waals surface area (Å²) in [6, 6.07) is 0. The first-order valence-electron chi connectivity index (χ1n) is 16.5. The van der Waals surface area contributed by atoms with Crippen molar-refractivity contribution in [1.29, 1.82) is 0 Å². The van der Waals surface area contributed by atoms with Crippen LogP contribution in [-0.2, 0) is 23.9 Å². The van der Waals surface area contributed by atoms with Gasteiger partial charge in [-0.2, -0.15) is 0 Å². The van der Waals surface area contributed by atoms with Crippen LogP contribution in [0.15, 0.2) is 0 Å². The molecular weight excluding hydrogens is 520 g/mol. The van der Waals surface area contributed by atoms with E-state index in [2.05, 4.69) is 17.6 Å². The molecule has 2 N–H and O–H groups in total. The van der Waals surface area contributed by atoms with Gasteiger partial charge in [0.05, 0.1) is 6.61 Å². The van der Waals surface area contributed by atoms with Crippen molar-refractivity contribution in [3.8, 4) is 0 Å². The molecule has 1 saturated heterocycles. The van der Waals surface area contributed by atoms with Gasteiger partial charge in [-0.25, -0.2) is 0 Å². The lowest BCUT2D eigenvalue weighted by Gasteiger charge is -2.49. The van der Waals surface area contributed by atoms with Crippen molar-refractivity contribution < 1.29 is 29.0 Å². The van der Waals surface area contributed by atoms with E-state index in [0.29, 0.717) is 19.4 Å². The summed E-state index contributed by atoms with van der Waals surface area (Å²) in [5.74, 6) is -3.52. The fourth-order valence-corrected chi connectivity index (χ4v) is 7.01. The Kier molecular flexibility index (Phi) is 12.1. The molecule has 1 aliphatic heterocycles. The number of carboxylic acid groups (broad SMARTS) is 1. The third-order valence-corrected chi connectivity index (χ3v) is 9.98. The van der Waals surface area contributed by atoms with Crippen LogP contribution in [0.4, 0.5) is 0 Å². The minimum atomic E-state index is -1.23. The minimum absolute atomic E-state index is 0.00168. The van der Waals surface area contributed by atoms with Crippen LogP contribution in [0.25, 0.3) is 0 Å². The molecule has 8 nitrogen and oxygen atoms in total. The number of nitrogens with one attached hydrogen (secondary N) is 2. The standard InChI is InChI=1S/C33H58N2O6/c1-6-7-8-9-10-11-12-14-18-32(19-17-20-32)29(39)35-33(21-15-13-16-22-33)25(28(37)38)23-34-27(36)26-30(2,3)24-40-31(4,5)41-26/h25-26H,6-24H2,1-5H3,(H,34,36)(H,35,39)(H,37,38)/p-1. The van der Waals surface area contributed by atoms with E-state index in [1.54, 1.807) is 13.8 Å². The van der Waals surface area contributed by atoms with Crippen molar-refractivity contribution in [3.63, 3.8) is 0 Å². The minimum Gasteiger partial charge on any atom is -0.550 e. The van der Waals surface area contributed by atoms with Gasteiger partial charge in [0, 0.05) is 34.8 Å². The molecule has 2 aliphatic carbocycles. The molecule has 3 fully saturated rings. The maximum atomic E-state index is 13.9. The van der Waals surface area contributed by atoms with E-state index >= 15 is 0 Å². The van der Waals surface area contributed by atoms with Crippen molar-refractivity contribution in [2.45, 2.75) is 161 Å². The second kappa shape index (κ2) is 14.7. The summed E-state index contributed by atoms with van der Waals surface area (Å²) in [4.78, 5) is 39.8. The largest absolute Gasteiger partial charge is 0.550 e. The topological polar surface area (TPSA) is 117 Å². The highest BCUT2D eigenvalue weighted by Gasteiger charge is 2.50. The second-order valence-electron chi connectivity index (χ2n) is 14.3. The predicted molar refractivity (Wildman–Crippen MR) is 158 cm³/mol. The van der Waals surface area contributed by atoms with E-state index in [9.17, 15) is 19.5 Å². The average Bonchev–Trinajstić information content (AvgIpc) is 2.88. The summed E-state index contributed by atoms with van der Waals surface area (Å²) >= 11 is 0. The van der Waals surface area contributed by atoms with E-state index < -0.39 is 40.1 Å². The van der Waals surface area contributed by atoms with Crippen LogP contribution < -0.4 is 15.7 Å². The van der Waals surface area contributed by atoms with Crippen molar-refractivity contribution in [2.75, 3.05) is 13.2 Å². The van der Waals surface area contributed by atoms with E-state index in [1.165, 1.54) is 38.5 Å². The maximum Gasteiger partial charge on any atom is 0.249 e. The van der Waals surface area contributed by atoms with Crippen LogP contribution >= 0.6 is 0 Å². The zero-order valence-electron chi connectivity index (χ0n) is 26.5. The van der Waals surface area contributed by atoms with Crippen molar-refractivity contribution in [1.82, 2.24) is 10.6 Å². The van der Waals surface area contributed by atoms with Crippen LogP contribution in [0.5, 0.6) is 0 Å². The van der Waals surface area contributed by atoms with Gasteiger partial charge in [0.1, 0.15) is 6.10 Å². The first kappa shape index (κ1) is 33.8. The molecule has 1 heterocycles. The fourth-order valence-electron chi connectivity index (χ4n) is 7.01. The number of amides is 2. The van der Waals surface area contributed by atoms with Crippen LogP contribution in [0, 0.1) is 16.7 Å². The van der Waals surface area contributed by atoms with Crippen LogP contribution in [0.2, 0.25) is 0 Å². The molecular formula is C33H57N2O6-. The zero-order valence-corrected chi connectivity index (χ0v) is 26.5. The molecule has 2 saturated carbocycles. The summed E-state index contributed by atoms with van der Waals surface area (Å²) < 4.78 is 11.7. The lowest BCUT2D eigenvalue weighted by atomic mass is 9.64. The maximum absolute atomic E-state index is 13.9. The molecule has 0 aromatic rings. The Morgan fingerprint density at radius 2 is 1.46 bits per heavy atom. The molecule has 0 radical (unpaired) electrons. The molecule has 0 spiro atoms. The molecule has 2 unspecified atom stereocenters. The first-order valence-corrected chi connectivity index (χ1v) is 16.5. The molecule has 2 atom stereocenters. The zero-order chi connectivity index (χ0) is 30.2. The Morgan fingerprint density at radius 3 is 2.02 bits per heavy atom. The number of hydrogen-bond acceptors (Lipinski definition) is 6. The Hall–Kier alpha value is -1.67. The van der Waals surface area contributed by atoms with Gasteiger partial charge in [-0.05, 0) is 46.0 Å². The highest BCUT2D eigenvalue weighted by Crippen LogP contribution is 2.47. The van der Waals surface area contributed by atoms with E-state index in [0.717, 1.165) is 57.8 Å². The van der Waals surface area contributed by atoms with Crippen molar-refractivity contribution in [2.24, 2.45) is 16.7 Å². The van der Waals surface area contributed by atoms with E-state index in [-0.39, 0.29) is 18.4 Å². The Morgan fingerprint density at radius 1 is 0.854 bits per heavy atom. The summed E-state index contributed by atoms with van der Waals surface area (Å²) in [6.07, 6.45) is 16.5. The molecule has 0 aromatic carbocycles. The van der Waals surface area contributed by atoms with Gasteiger partial charge in [-0.3, -0.25) is 9.59 Å². The highest BCUT2D eigenvalue weighted by atomic mass is 16.7. The van der Waals surface area contributed by atoms with Crippen LogP contribution in [0.3, 0.4) is 0 Å². The highest BCUT2D eigenvalue weighted by molar-refractivity contribution is 5.86. The predicted octanol–water partition coefficient (Wildman–Crippen LogP) is 5.17. The molecule has 0 aromatic heterocycles. The summed E-state index contributed by atoms with van der Waals surface area (Å²) in [5, 5.41) is 18.8. The van der Waals surface area contributed by atoms with E-state index in [1.807, 2.05) is 13.8 Å². The van der Waals surface area contributed by atoms with Gasteiger partial charge < -0.3 is 30.0 Å². The normalized spacial score (nSPS) is 25.0. The number of carbonyl (C=O) groups excluding carboxylic acids is 3. The molecule has 236 valence electrons. The molecule has 3 aliphatic rings. The van der Waals surface area contributed by atoms with Crippen LogP contribution in [-0.4, -0.2) is 48.4 Å². The number of hydrogen-bond donors (Lipinski definition) is 2. The summed E-state index contributed by atoms with van der Waals surface area (Å²) in [7, 11) is 0. The SMILES string of the molecule is CCCCCCCCCCC1(C(=O)NC2(C(CNC(=O)C3OC(C)(C)OCC3(C)C)C(=O)[O-])CCCCC2)CCC1. The smallest absolute Gasteiger partial charge is 0.249 e. The number of unbranched alkanes of at least 4 members (excludes halogenated alkanes) is 7. The van der Waals surface area contributed by atoms with Crippen molar-refractivity contribution in [3.05, 3.63) is 0 Å². The third kappa shape index (κ3) is 8.92. The number of ether oxygens (including phenoxy) is 2. The van der Waals surface area contributed by atoms with Gasteiger partial charge in [-0.15, -0.1) is 0 Å². The number of carboxylic acids is 1. The van der Waals surface area contributed by atoms with Crippen molar-refractivity contribution >= 4 is 17.8 Å². The molecule has 2 amide bonds. The monoisotopic (exact) mass is 577 g/mol. The second-order valence-corrected chi connectivity index (χ2v) is 14.3. The van der Waals surface area contributed by atoms with Gasteiger partial charge in [0.25, 0.3) is 0 Å². The van der Waals surface area contributed by atoms with Crippen LogP contribution in [0.1, 0.15) is 144 Å². The van der Waals surface area contributed by atoms with Gasteiger partial charge in [0.2, 0.25) is 11.8 Å². The molecule has 0 bridgehead atoms. The summed E-state index contributed by atoms with van der Waals surface area (Å²) in [5.41, 5.74) is -1.88. The Bertz CT molecular complexity index is 875. The Balaban J connectivity index is 1.64. The third-order valence-electron chi connectivity index (χ3n) is 9.98. The number of carbonyl (C=O) groups is 3. The quantitative estimate of drug-likeness (QED) is 0.245. The van der Waals surface area contributed by atoms with Gasteiger partial charge in [-0.1, -0.05) is 97.8 Å². The average molecular weight is 578 g/mol. The lowest BCUT2D eigenvalue weighted by molar-refractivity contribution is -0.314. The van der Waals surface area contributed by atoms with Gasteiger partial charge in [0.15, 0.2) is 5.79 Å². The lowest BCUT2D eigenvalue weighted by Crippen LogP contribution is -2.65.